The normalized spacial score (nSPS) is 12.6. The first-order chi connectivity index (χ1) is 8.58. The van der Waals surface area contributed by atoms with Gasteiger partial charge >= 0.3 is 5.97 Å². The van der Waals surface area contributed by atoms with Crippen LogP contribution in [0.3, 0.4) is 0 Å². The lowest BCUT2D eigenvalue weighted by Gasteiger charge is -2.10. The Morgan fingerprint density at radius 2 is 2.39 bits per heavy atom. The quantitative estimate of drug-likeness (QED) is 0.871. The highest BCUT2D eigenvalue weighted by Crippen LogP contribution is 2.18. The number of carbonyl (C=O) groups is 1. The number of thiophene rings is 1. The van der Waals surface area contributed by atoms with Gasteiger partial charge < -0.3 is 14.8 Å². The highest BCUT2D eigenvalue weighted by atomic mass is 32.1. The number of hydrogen-bond acceptors (Lipinski definition) is 4. The molecule has 0 saturated heterocycles. The Bertz CT molecular complexity index is 530. The maximum absolute atomic E-state index is 10.9. The monoisotopic (exact) mass is 265 g/mol. The van der Waals surface area contributed by atoms with Crippen LogP contribution < -0.4 is 5.32 Å². The molecule has 0 spiro atoms. The Morgan fingerprint density at radius 3 is 2.94 bits per heavy atom. The second kappa shape index (κ2) is 5.37. The molecule has 0 bridgehead atoms. The fraction of sp³-hybridized carbons (Fsp3) is 0.308. The number of furan rings is 1. The average Bonchev–Trinajstić information content (AvgIpc) is 2.94. The summed E-state index contributed by atoms with van der Waals surface area (Å²) in [6.07, 6.45) is 0. The maximum Gasteiger partial charge on any atom is 0.339 e. The Kier molecular flexibility index (Phi) is 3.84. The van der Waals surface area contributed by atoms with E-state index in [4.69, 9.17) is 9.52 Å². The number of nitrogens with one attached hydrogen (secondary N) is 1. The highest BCUT2D eigenvalue weighted by molar-refractivity contribution is 7.07. The summed E-state index contributed by atoms with van der Waals surface area (Å²) in [7, 11) is 0. The van der Waals surface area contributed by atoms with Gasteiger partial charge in [0.1, 0.15) is 17.1 Å². The number of hydrogen-bond donors (Lipinski definition) is 2. The third kappa shape index (κ3) is 2.80. The molecule has 96 valence electrons. The fourth-order valence-electron chi connectivity index (χ4n) is 1.74. The lowest BCUT2D eigenvalue weighted by Crippen LogP contribution is -2.17. The van der Waals surface area contributed by atoms with Gasteiger partial charge in [0.25, 0.3) is 0 Å². The minimum absolute atomic E-state index is 0.218. The first-order valence-corrected chi connectivity index (χ1v) is 6.60. The zero-order valence-corrected chi connectivity index (χ0v) is 11.1. The molecule has 0 radical (unpaired) electrons. The van der Waals surface area contributed by atoms with E-state index in [1.165, 1.54) is 5.56 Å². The van der Waals surface area contributed by atoms with E-state index >= 15 is 0 Å². The number of aryl methyl sites for hydroxylation is 1. The lowest BCUT2D eigenvalue weighted by atomic mass is 10.2. The van der Waals surface area contributed by atoms with Gasteiger partial charge in [0.05, 0.1) is 6.54 Å². The summed E-state index contributed by atoms with van der Waals surface area (Å²) >= 11 is 1.66. The third-order valence-corrected chi connectivity index (χ3v) is 3.53. The van der Waals surface area contributed by atoms with Crippen molar-refractivity contribution in [2.75, 3.05) is 0 Å². The van der Waals surface area contributed by atoms with Crippen molar-refractivity contribution in [3.05, 3.63) is 45.5 Å². The topological polar surface area (TPSA) is 62.5 Å². The van der Waals surface area contributed by atoms with Gasteiger partial charge in [-0.2, -0.15) is 11.3 Å². The van der Waals surface area contributed by atoms with Crippen molar-refractivity contribution in [3.8, 4) is 0 Å². The van der Waals surface area contributed by atoms with Crippen molar-refractivity contribution in [1.29, 1.82) is 0 Å². The molecule has 2 aromatic heterocycles. The van der Waals surface area contributed by atoms with Gasteiger partial charge in [-0.25, -0.2) is 4.79 Å². The van der Waals surface area contributed by atoms with Crippen LogP contribution in [0.5, 0.6) is 0 Å². The summed E-state index contributed by atoms with van der Waals surface area (Å²) in [5.41, 5.74) is 1.46. The second-order valence-electron chi connectivity index (χ2n) is 4.15. The van der Waals surface area contributed by atoms with E-state index in [1.54, 1.807) is 24.3 Å². The van der Waals surface area contributed by atoms with Crippen LogP contribution in [0.25, 0.3) is 0 Å². The zero-order valence-electron chi connectivity index (χ0n) is 10.3. The Labute approximate surface area is 109 Å². The van der Waals surface area contributed by atoms with E-state index in [0.29, 0.717) is 18.1 Å². The molecule has 0 fully saturated rings. The largest absolute Gasteiger partial charge is 0.478 e. The molecule has 0 aliphatic heterocycles. The van der Waals surface area contributed by atoms with Gasteiger partial charge in [-0.15, -0.1) is 0 Å². The van der Waals surface area contributed by atoms with Crippen LogP contribution in [0.4, 0.5) is 0 Å². The molecule has 0 amide bonds. The molecule has 1 unspecified atom stereocenters. The van der Waals surface area contributed by atoms with Crippen LogP contribution in [-0.2, 0) is 6.54 Å². The van der Waals surface area contributed by atoms with Crippen LogP contribution in [0.1, 0.15) is 40.4 Å². The molecular weight excluding hydrogens is 250 g/mol. The van der Waals surface area contributed by atoms with Crippen molar-refractivity contribution < 1.29 is 14.3 Å². The second-order valence-corrected chi connectivity index (χ2v) is 4.93. The van der Waals surface area contributed by atoms with Crippen molar-refractivity contribution in [2.24, 2.45) is 0 Å². The number of carboxylic acid groups (broad SMARTS) is 1. The molecule has 2 rings (SSSR count). The SMILES string of the molecule is Cc1oc(CNC(C)c2ccsc2)cc1C(=O)O. The Balaban J connectivity index is 1.98. The van der Waals surface area contributed by atoms with Gasteiger partial charge in [0.15, 0.2) is 0 Å². The van der Waals surface area contributed by atoms with Crippen LogP contribution in [0.15, 0.2) is 27.3 Å². The Morgan fingerprint density at radius 1 is 1.61 bits per heavy atom. The Hall–Kier alpha value is -1.59. The van der Waals surface area contributed by atoms with Crippen LogP contribution in [-0.4, -0.2) is 11.1 Å². The standard InChI is InChI=1S/C13H15NO3S/c1-8(10-3-4-18-7-10)14-6-11-5-12(13(15)16)9(2)17-11/h3-5,7-8,14H,6H2,1-2H3,(H,15,16). The van der Waals surface area contributed by atoms with Crippen LogP contribution in [0.2, 0.25) is 0 Å². The van der Waals surface area contributed by atoms with E-state index in [2.05, 4.69) is 23.7 Å². The lowest BCUT2D eigenvalue weighted by molar-refractivity contribution is 0.0695. The van der Waals surface area contributed by atoms with Crippen molar-refractivity contribution >= 4 is 17.3 Å². The van der Waals surface area contributed by atoms with Crippen LogP contribution >= 0.6 is 11.3 Å². The molecule has 2 heterocycles. The molecule has 0 saturated carbocycles. The molecule has 5 heteroatoms. The van der Waals surface area contributed by atoms with Gasteiger partial charge in [-0.05, 0) is 42.3 Å². The fourth-order valence-corrected chi connectivity index (χ4v) is 2.49. The first kappa shape index (κ1) is 12.9. The molecule has 2 aromatic rings. The number of carboxylic acids is 1. The third-order valence-electron chi connectivity index (χ3n) is 2.82. The summed E-state index contributed by atoms with van der Waals surface area (Å²) in [6, 6.07) is 3.86. The van der Waals surface area contributed by atoms with Crippen LogP contribution in [0, 0.1) is 6.92 Å². The van der Waals surface area contributed by atoms with Gasteiger partial charge in [-0.1, -0.05) is 0 Å². The number of aromatic carboxylic acids is 1. The molecule has 1 atom stereocenters. The first-order valence-electron chi connectivity index (χ1n) is 5.66. The maximum atomic E-state index is 10.9. The minimum Gasteiger partial charge on any atom is -0.478 e. The van der Waals surface area contributed by atoms with E-state index in [1.807, 2.05) is 5.38 Å². The molecule has 2 N–H and O–H groups in total. The van der Waals surface area contributed by atoms with E-state index in [0.717, 1.165) is 0 Å². The van der Waals surface area contributed by atoms with E-state index < -0.39 is 5.97 Å². The summed E-state index contributed by atoms with van der Waals surface area (Å²) in [6.45, 7) is 4.25. The highest BCUT2D eigenvalue weighted by Gasteiger charge is 2.14. The van der Waals surface area contributed by atoms with Crippen molar-refractivity contribution in [1.82, 2.24) is 5.32 Å². The molecule has 0 aliphatic carbocycles. The van der Waals surface area contributed by atoms with E-state index in [-0.39, 0.29) is 11.6 Å². The predicted octanol–water partition coefficient (Wildman–Crippen LogP) is 3.20. The number of rotatable bonds is 5. The molecule has 18 heavy (non-hydrogen) atoms. The molecule has 0 aromatic carbocycles. The smallest absolute Gasteiger partial charge is 0.339 e. The van der Waals surface area contributed by atoms with Gasteiger partial charge in [-0.3, -0.25) is 0 Å². The average molecular weight is 265 g/mol. The molecular formula is C13H15NO3S. The zero-order chi connectivity index (χ0) is 13.1. The summed E-state index contributed by atoms with van der Waals surface area (Å²) in [4.78, 5) is 10.9. The summed E-state index contributed by atoms with van der Waals surface area (Å²) in [5.74, 6) is 0.142. The van der Waals surface area contributed by atoms with E-state index in [9.17, 15) is 4.79 Å². The molecule has 4 nitrogen and oxygen atoms in total. The minimum atomic E-state index is -0.951. The van der Waals surface area contributed by atoms with Crippen molar-refractivity contribution in [2.45, 2.75) is 26.4 Å². The van der Waals surface area contributed by atoms with Gasteiger partial charge in [0, 0.05) is 6.04 Å². The molecule has 0 aliphatic rings. The summed E-state index contributed by atoms with van der Waals surface area (Å²) < 4.78 is 5.40. The summed E-state index contributed by atoms with van der Waals surface area (Å²) in [5, 5.41) is 16.4. The van der Waals surface area contributed by atoms with Gasteiger partial charge in [0.2, 0.25) is 0 Å². The predicted molar refractivity (Wildman–Crippen MR) is 70.0 cm³/mol. The van der Waals surface area contributed by atoms with Crippen molar-refractivity contribution in [3.63, 3.8) is 0 Å².